The Labute approximate surface area is 168 Å². The number of halogens is 1. The molecule has 0 unspecified atom stereocenters. The molecule has 1 aromatic heterocycles. The van der Waals surface area contributed by atoms with Gasteiger partial charge in [-0.1, -0.05) is 48.0 Å². The number of nitrogens with zero attached hydrogens (tertiary/aromatic N) is 2. The molecule has 0 aliphatic heterocycles. The van der Waals surface area contributed by atoms with Gasteiger partial charge in [0.05, 0.1) is 16.8 Å². The number of fused-ring (bicyclic) bond motifs is 3. The minimum atomic E-state index is -0.206. The van der Waals surface area contributed by atoms with Crippen LogP contribution < -0.4 is 5.43 Å². The zero-order valence-corrected chi connectivity index (χ0v) is 16.1. The molecule has 2 bridgehead atoms. The number of carbonyl (C=O) groups is 1. The van der Waals surface area contributed by atoms with Crippen molar-refractivity contribution in [2.75, 3.05) is 0 Å². The van der Waals surface area contributed by atoms with E-state index in [4.69, 9.17) is 16.6 Å². The van der Waals surface area contributed by atoms with Gasteiger partial charge in [0.2, 0.25) is 0 Å². The van der Waals surface area contributed by atoms with Crippen LogP contribution in [0.4, 0.5) is 0 Å². The van der Waals surface area contributed by atoms with Crippen LogP contribution in [0.15, 0.2) is 59.7 Å². The molecule has 140 valence electrons. The molecular weight excluding hydrogens is 370 g/mol. The van der Waals surface area contributed by atoms with Gasteiger partial charge >= 0.3 is 0 Å². The van der Waals surface area contributed by atoms with Gasteiger partial charge in [0, 0.05) is 21.7 Å². The highest BCUT2D eigenvalue weighted by atomic mass is 35.5. The maximum atomic E-state index is 13.0. The Bertz CT molecular complexity index is 1110. The van der Waals surface area contributed by atoms with Gasteiger partial charge in [-0.25, -0.2) is 10.4 Å². The van der Waals surface area contributed by atoms with Crippen LogP contribution in [-0.2, 0) is 0 Å². The molecule has 0 radical (unpaired) electrons. The molecule has 1 amide bonds. The normalized spacial score (nSPS) is 22.1. The van der Waals surface area contributed by atoms with E-state index in [0.29, 0.717) is 22.2 Å². The first-order valence-electron chi connectivity index (χ1n) is 9.70. The third-order valence-electron chi connectivity index (χ3n) is 5.92. The number of pyridine rings is 1. The number of carbonyl (C=O) groups excluding carboxylic acids is 1. The third kappa shape index (κ3) is 3.08. The van der Waals surface area contributed by atoms with Crippen LogP contribution in [0.25, 0.3) is 22.2 Å². The minimum Gasteiger partial charge on any atom is -0.267 e. The summed E-state index contributed by atoms with van der Waals surface area (Å²) in [5.41, 5.74) is 6.76. The predicted molar refractivity (Wildman–Crippen MR) is 113 cm³/mol. The number of rotatable bonds is 3. The fourth-order valence-electron chi connectivity index (χ4n) is 4.52. The molecule has 5 heteroatoms. The summed E-state index contributed by atoms with van der Waals surface area (Å²) in [6, 6.07) is 17.0. The van der Waals surface area contributed by atoms with E-state index in [9.17, 15) is 4.79 Å². The number of benzene rings is 2. The number of nitrogens with one attached hydrogen (secondary N) is 1. The SMILES string of the molecule is O=C(N/N=C1\C[C@H]2CC[C@H]1C2)c1cc(-c2ccccc2Cl)nc2ccccc12. The van der Waals surface area contributed by atoms with Crippen molar-refractivity contribution >= 4 is 34.1 Å². The quantitative estimate of drug-likeness (QED) is 0.604. The Kier molecular flexibility index (Phi) is 4.36. The number of hydrazone groups is 1. The molecule has 0 spiro atoms. The molecule has 3 aromatic rings. The number of hydrogen-bond acceptors (Lipinski definition) is 3. The summed E-state index contributed by atoms with van der Waals surface area (Å²) in [6.45, 7) is 0. The second kappa shape index (κ2) is 7.02. The monoisotopic (exact) mass is 389 g/mol. The van der Waals surface area contributed by atoms with Gasteiger partial charge in [0.25, 0.3) is 5.91 Å². The maximum Gasteiger partial charge on any atom is 0.272 e. The van der Waals surface area contributed by atoms with Gasteiger partial charge in [0.15, 0.2) is 0 Å². The van der Waals surface area contributed by atoms with Gasteiger partial charge in [-0.3, -0.25) is 4.79 Å². The minimum absolute atomic E-state index is 0.206. The molecule has 4 nitrogen and oxygen atoms in total. The average molecular weight is 390 g/mol. The molecule has 0 saturated heterocycles. The van der Waals surface area contributed by atoms with Crippen LogP contribution >= 0.6 is 11.6 Å². The van der Waals surface area contributed by atoms with Gasteiger partial charge < -0.3 is 0 Å². The molecule has 2 saturated carbocycles. The largest absolute Gasteiger partial charge is 0.272 e. The summed E-state index contributed by atoms with van der Waals surface area (Å²) < 4.78 is 0. The number of hydrogen-bond donors (Lipinski definition) is 1. The van der Waals surface area contributed by atoms with E-state index < -0.39 is 0 Å². The van der Waals surface area contributed by atoms with E-state index in [-0.39, 0.29) is 5.91 Å². The fourth-order valence-corrected chi connectivity index (χ4v) is 4.75. The Balaban J connectivity index is 1.53. The standard InChI is InChI=1S/C23H20ClN3O/c24-19-7-3-1-6-17(19)22-13-18(16-5-2-4-8-20(16)25-22)23(28)27-26-21-12-14-9-10-15(21)11-14/h1-8,13-15H,9-12H2,(H,27,28)/b26-21+/t14-,15-/m0/s1. The van der Waals surface area contributed by atoms with Crippen LogP contribution in [0.1, 0.15) is 36.0 Å². The first-order chi connectivity index (χ1) is 13.7. The summed E-state index contributed by atoms with van der Waals surface area (Å²) in [5.74, 6) is 1.11. The molecule has 2 fully saturated rings. The predicted octanol–water partition coefficient (Wildman–Crippen LogP) is 5.46. The van der Waals surface area contributed by atoms with Crippen molar-refractivity contribution in [3.05, 3.63) is 65.2 Å². The molecular formula is C23H20ClN3O. The topological polar surface area (TPSA) is 54.4 Å². The summed E-state index contributed by atoms with van der Waals surface area (Å²) >= 11 is 6.36. The van der Waals surface area contributed by atoms with E-state index in [2.05, 4.69) is 10.5 Å². The summed E-state index contributed by atoms with van der Waals surface area (Å²) in [5, 5.41) is 5.90. The molecule has 2 atom stereocenters. The molecule has 2 aromatic carbocycles. The highest BCUT2D eigenvalue weighted by Gasteiger charge is 2.36. The van der Waals surface area contributed by atoms with Gasteiger partial charge in [-0.2, -0.15) is 5.10 Å². The van der Waals surface area contributed by atoms with Gasteiger partial charge in [-0.15, -0.1) is 0 Å². The number of amides is 1. The number of para-hydroxylation sites is 1. The van der Waals surface area contributed by atoms with E-state index in [1.165, 1.54) is 19.3 Å². The van der Waals surface area contributed by atoms with Crippen LogP contribution in [0.5, 0.6) is 0 Å². The zero-order valence-electron chi connectivity index (χ0n) is 15.4. The summed E-state index contributed by atoms with van der Waals surface area (Å²) in [4.78, 5) is 17.7. The highest BCUT2D eigenvalue weighted by molar-refractivity contribution is 6.33. The Hall–Kier alpha value is -2.72. The Morgan fingerprint density at radius 3 is 2.71 bits per heavy atom. The van der Waals surface area contributed by atoms with Crippen LogP contribution in [0.3, 0.4) is 0 Å². The van der Waals surface area contributed by atoms with Gasteiger partial charge in [-0.05, 0) is 55.7 Å². The zero-order chi connectivity index (χ0) is 19.1. The molecule has 28 heavy (non-hydrogen) atoms. The van der Waals surface area contributed by atoms with E-state index >= 15 is 0 Å². The van der Waals surface area contributed by atoms with Crippen molar-refractivity contribution < 1.29 is 4.79 Å². The van der Waals surface area contributed by atoms with Crippen molar-refractivity contribution in [1.82, 2.24) is 10.4 Å². The molecule has 5 rings (SSSR count). The molecule has 2 aliphatic rings. The van der Waals surface area contributed by atoms with E-state index in [1.54, 1.807) is 6.07 Å². The van der Waals surface area contributed by atoms with Crippen molar-refractivity contribution in [2.45, 2.75) is 25.7 Å². The van der Waals surface area contributed by atoms with Crippen molar-refractivity contribution in [3.63, 3.8) is 0 Å². The van der Waals surface area contributed by atoms with Gasteiger partial charge in [0.1, 0.15) is 0 Å². The smallest absolute Gasteiger partial charge is 0.267 e. The van der Waals surface area contributed by atoms with Crippen LogP contribution in [0.2, 0.25) is 5.02 Å². The second-order valence-corrected chi connectivity index (χ2v) is 8.08. The van der Waals surface area contributed by atoms with Crippen LogP contribution in [0, 0.1) is 11.8 Å². The van der Waals surface area contributed by atoms with E-state index in [0.717, 1.165) is 34.5 Å². The number of aromatic nitrogens is 1. The van der Waals surface area contributed by atoms with Crippen molar-refractivity contribution in [3.8, 4) is 11.3 Å². The van der Waals surface area contributed by atoms with E-state index in [1.807, 2.05) is 48.5 Å². The molecule has 2 aliphatic carbocycles. The third-order valence-corrected chi connectivity index (χ3v) is 6.25. The fraction of sp³-hybridized carbons (Fsp3) is 0.261. The highest BCUT2D eigenvalue weighted by Crippen LogP contribution is 2.42. The lowest BCUT2D eigenvalue weighted by molar-refractivity contribution is 0.0956. The summed E-state index contributed by atoms with van der Waals surface area (Å²) in [7, 11) is 0. The first kappa shape index (κ1) is 17.4. The Morgan fingerprint density at radius 2 is 1.93 bits per heavy atom. The molecule has 1 heterocycles. The lowest BCUT2D eigenvalue weighted by Gasteiger charge is -2.13. The average Bonchev–Trinajstić information content (AvgIpc) is 3.35. The molecule has 1 N–H and O–H groups in total. The maximum absolute atomic E-state index is 13.0. The lowest BCUT2D eigenvalue weighted by atomic mass is 9.99. The van der Waals surface area contributed by atoms with Crippen LogP contribution in [-0.4, -0.2) is 16.6 Å². The first-order valence-corrected chi connectivity index (χ1v) is 10.1. The Morgan fingerprint density at radius 1 is 1.11 bits per heavy atom. The summed E-state index contributed by atoms with van der Waals surface area (Å²) in [6.07, 6.45) is 4.75. The lowest BCUT2D eigenvalue weighted by Crippen LogP contribution is -2.22. The van der Waals surface area contributed by atoms with Crippen molar-refractivity contribution in [1.29, 1.82) is 0 Å². The second-order valence-electron chi connectivity index (χ2n) is 7.68. The van der Waals surface area contributed by atoms with Crippen molar-refractivity contribution in [2.24, 2.45) is 16.9 Å².